The Kier molecular flexibility index (Phi) is 5.13. The molecule has 3 nitrogen and oxygen atoms in total. The number of nitrogens with zero attached hydrogens (tertiary/aromatic N) is 1. The molecule has 21 heavy (non-hydrogen) atoms. The van der Waals surface area contributed by atoms with E-state index in [2.05, 4.69) is 5.32 Å². The molecule has 5 heteroatoms. The van der Waals surface area contributed by atoms with E-state index in [1.165, 1.54) is 24.3 Å². The number of carbonyl (C=O) groups excluding carboxylic acids is 1. The Balaban J connectivity index is 1.97. The molecule has 104 valence electrons. The summed E-state index contributed by atoms with van der Waals surface area (Å²) in [5.74, 6) is -0.650. The smallest absolute Gasteiger partial charge is 0.248 e. The van der Waals surface area contributed by atoms with Crippen LogP contribution in [0, 0.1) is 16.5 Å². The highest BCUT2D eigenvalue weighted by molar-refractivity contribution is 8.03. The van der Waals surface area contributed by atoms with Crippen LogP contribution in [-0.4, -0.2) is 5.91 Å². The summed E-state index contributed by atoms with van der Waals surface area (Å²) in [4.78, 5) is 12.5. The molecule has 0 saturated carbocycles. The molecule has 0 heterocycles. The Morgan fingerprint density at radius 2 is 2.00 bits per heavy atom. The van der Waals surface area contributed by atoms with Gasteiger partial charge in [-0.1, -0.05) is 12.1 Å². The van der Waals surface area contributed by atoms with Crippen LogP contribution < -0.4 is 5.32 Å². The van der Waals surface area contributed by atoms with Gasteiger partial charge in [0.15, 0.2) is 0 Å². The number of thioether (sulfide) groups is 1. The van der Waals surface area contributed by atoms with Gasteiger partial charge in [-0.25, -0.2) is 4.39 Å². The van der Waals surface area contributed by atoms with Crippen LogP contribution in [0.15, 0.2) is 59.5 Å². The number of nitriles is 1. The van der Waals surface area contributed by atoms with Crippen molar-refractivity contribution < 1.29 is 9.18 Å². The number of hydrogen-bond donors (Lipinski definition) is 1. The lowest BCUT2D eigenvalue weighted by Crippen LogP contribution is -2.07. The highest BCUT2D eigenvalue weighted by Crippen LogP contribution is 2.19. The summed E-state index contributed by atoms with van der Waals surface area (Å²) < 4.78 is 13.0. The standard InChI is InChI=1S/C16H11FN2OS/c17-13-3-1-2-12(10-13)4-9-16(20)19-14-5-7-15(8-6-14)21-11-18/h1-10H,(H,19,20)/b9-4+. The van der Waals surface area contributed by atoms with Gasteiger partial charge in [-0.05, 0) is 59.8 Å². The van der Waals surface area contributed by atoms with E-state index < -0.39 is 0 Å². The lowest BCUT2D eigenvalue weighted by molar-refractivity contribution is -0.111. The third kappa shape index (κ3) is 4.79. The second-order valence-corrected chi connectivity index (χ2v) is 4.95. The molecule has 2 aromatic carbocycles. The zero-order valence-corrected chi connectivity index (χ0v) is 11.7. The van der Waals surface area contributed by atoms with Crippen molar-refractivity contribution in [3.05, 3.63) is 66.0 Å². The van der Waals surface area contributed by atoms with Gasteiger partial charge in [0.25, 0.3) is 0 Å². The van der Waals surface area contributed by atoms with Crippen molar-refractivity contribution in [3.63, 3.8) is 0 Å². The number of nitrogens with one attached hydrogen (secondary N) is 1. The normalized spacial score (nSPS) is 10.3. The first-order valence-electron chi connectivity index (χ1n) is 6.08. The topological polar surface area (TPSA) is 52.9 Å². The Bertz CT molecular complexity index is 705. The van der Waals surface area contributed by atoms with Crippen LogP contribution in [0.4, 0.5) is 10.1 Å². The quantitative estimate of drug-likeness (QED) is 0.526. The number of halogens is 1. The number of benzene rings is 2. The lowest BCUT2D eigenvalue weighted by atomic mass is 10.2. The minimum Gasteiger partial charge on any atom is -0.323 e. The van der Waals surface area contributed by atoms with Crippen molar-refractivity contribution in [2.24, 2.45) is 0 Å². The fourth-order valence-corrected chi connectivity index (χ4v) is 2.00. The molecule has 0 radical (unpaired) electrons. The fraction of sp³-hybridized carbons (Fsp3) is 0. The van der Waals surface area contributed by atoms with Crippen molar-refractivity contribution >= 4 is 29.4 Å². The number of rotatable bonds is 4. The van der Waals surface area contributed by atoms with Gasteiger partial charge < -0.3 is 5.32 Å². The van der Waals surface area contributed by atoms with E-state index in [1.54, 1.807) is 36.4 Å². The lowest BCUT2D eigenvalue weighted by Gasteiger charge is -2.02. The molecule has 2 rings (SSSR count). The highest BCUT2D eigenvalue weighted by Gasteiger charge is 1.99. The molecule has 0 fully saturated rings. The largest absolute Gasteiger partial charge is 0.323 e. The van der Waals surface area contributed by atoms with Crippen molar-refractivity contribution in [2.45, 2.75) is 4.90 Å². The molecule has 1 amide bonds. The monoisotopic (exact) mass is 298 g/mol. The Morgan fingerprint density at radius 3 is 2.67 bits per heavy atom. The molecule has 0 aliphatic carbocycles. The van der Waals surface area contributed by atoms with Crippen LogP contribution in [0.2, 0.25) is 0 Å². The zero-order valence-electron chi connectivity index (χ0n) is 10.9. The minimum atomic E-state index is -0.344. The van der Waals surface area contributed by atoms with Gasteiger partial charge in [0.2, 0.25) is 5.91 Å². The van der Waals surface area contributed by atoms with E-state index in [4.69, 9.17) is 5.26 Å². The van der Waals surface area contributed by atoms with E-state index in [9.17, 15) is 9.18 Å². The first-order chi connectivity index (χ1) is 10.2. The molecule has 0 aliphatic heterocycles. The molecular weight excluding hydrogens is 287 g/mol. The van der Waals surface area contributed by atoms with Crippen molar-refractivity contribution in [1.29, 1.82) is 5.26 Å². The van der Waals surface area contributed by atoms with Gasteiger partial charge in [0.1, 0.15) is 11.2 Å². The van der Waals surface area contributed by atoms with Crippen molar-refractivity contribution in [2.75, 3.05) is 5.32 Å². The summed E-state index contributed by atoms with van der Waals surface area (Å²) >= 11 is 1.06. The number of anilines is 1. The van der Waals surface area contributed by atoms with Crippen LogP contribution >= 0.6 is 11.8 Å². The molecule has 1 N–H and O–H groups in total. The molecule has 0 unspecified atom stereocenters. The van der Waals surface area contributed by atoms with Crippen LogP contribution in [-0.2, 0) is 4.79 Å². The summed E-state index contributed by atoms with van der Waals surface area (Å²) in [6.45, 7) is 0. The molecule has 0 atom stereocenters. The van der Waals surface area contributed by atoms with Gasteiger partial charge in [-0.3, -0.25) is 4.79 Å². The Labute approximate surface area is 126 Å². The van der Waals surface area contributed by atoms with Gasteiger partial charge in [-0.15, -0.1) is 0 Å². The van der Waals surface area contributed by atoms with Crippen molar-refractivity contribution in [1.82, 2.24) is 0 Å². The van der Waals surface area contributed by atoms with Crippen LogP contribution in [0.5, 0.6) is 0 Å². The van der Waals surface area contributed by atoms with E-state index >= 15 is 0 Å². The zero-order chi connectivity index (χ0) is 15.1. The summed E-state index contributed by atoms with van der Waals surface area (Å²) in [5.41, 5.74) is 1.25. The Morgan fingerprint density at radius 1 is 1.24 bits per heavy atom. The summed E-state index contributed by atoms with van der Waals surface area (Å²) in [7, 11) is 0. The maximum Gasteiger partial charge on any atom is 0.248 e. The van der Waals surface area contributed by atoms with E-state index in [-0.39, 0.29) is 11.7 Å². The maximum atomic E-state index is 13.0. The first kappa shape index (κ1) is 14.8. The number of carbonyl (C=O) groups is 1. The predicted molar refractivity (Wildman–Crippen MR) is 82.0 cm³/mol. The molecule has 0 saturated heterocycles. The second kappa shape index (κ2) is 7.27. The predicted octanol–water partition coefficient (Wildman–Crippen LogP) is 4.05. The molecule has 0 aromatic heterocycles. The van der Waals surface area contributed by atoms with Crippen LogP contribution in [0.25, 0.3) is 6.08 Å². The van der Waals surface area contributed by atoms with E-state index in [0.29, 0.717) is 11.3 Å². The SMILES string of the molecule is N#CSc1ccc(NC(=O)/C=C/c2cccc(F)c2)cc1. The first-order valence-corrected chi connectivity index (χ1v) is 6.89. The molecule has 0 spiro atoms. The van der Waals surface area contributed by atoms with Crippen LogP contribution in [0.1, 0.15) is 5.56 Å². The summed E-state index contributed by atoms with van der Waals surface area (Å²) in [5, 5.41) is 13.2. The fourth-order valence-electron chi connectivity index (χ4n) is 1.63. The third-order valence-electron chi connectivity index (χ3n) is 2.56. The van der Waals surface area contributed by atoms with Crippen LogP contribution in [0.3, 0.4) is 0 Å². The molecular formula is C16H11FN2OS. The maximum absolute atomic E-state index is 13.0. The molecule has 0 bridgehead atoms. The number of hydrogen-bond acceptors (Lipinski definition) is 3. The third-order valence-corrected chi connectivity index (χ3v) is 3.16. The summed E-state index contributed by atoms with van der Waals surface area (Å²) in [6, 6.07) is 12.9. The highest BCUT2D eigenvalue weighted by atomic mass is 32.2. The average molecular weight is 298 g/mol. The van der Waals surface area contributed by atoms with Crippen molar-refractivity contribution in [3.8, 4) is 5.40 Å². The number of thiocyanates is 1. The van der Waals surface area contributed by atoms with Gasteiger partial charge in [0, 0.05) is 16.7 Å². The number of amides is 1. The Hall–Kier alpha value is -2.58. The van der Waals surface area contributed by atoms with E-state index in [1.807, 2.05) is 5.40 Å². The van der Waals surface area contributed by atoms with Gasteiger partial charge in [0.05, 0.1) is 0 Å². The average Bonchev–Trinajstić information content (AvgIpc) is 2.48. The molecule has 0 aliphatic rings. The van der Waals surface area contributed by atoms with Gasteiger partial charge in [-0.2, -0.15) is 5.26 Å². The minimum absolute atomic E-state index is 0.306. The van der Waals surface area contributed by atoms with Gasteiger partial charge >= 0.3 is 0 Å². The molecule has 2 aromatic rings. The summed E-state index contributed by atoms with van der Waals surface area (Å²) in [6.07, 6.45) is 2.88. The second-order valence-electron chi connectivity index (χ2n) is 4.10. The van der Waals surface area contributed by atoms with E-state index in [0.717, 1.165) is 16.7 Å².